The Kier molecular flexibility index (Phi) is 8.76. The summed E-state index contributed by atoms with van der Waals surface area (Å²) in [6, 6.07) is 17.2. The topological polar surface area (TPSA) is 88.4 Å². The van der Waals surface area contributed by atoms with Crippen LogP contribution in [-0.4, -0.2) is 33.9 Å². The fourth-order valence-electron chi connectivity index (χ4n) is 4.62. The first-order chi connectivity index (χ1) is 18.7. The second kappa shape index (κ2) is 12.2. The van der Waals surface area contributed by atoms with Crippen LogP contribution in [0.25, 0.3) is 16.6 Å². The van der Waals surface area contributed by atoms with Crippen molar-refractivity contribution in [3.8, 4) is 5.69 Å². The molecule has 0 radical (unpaired) electrons. The van der Waals surface area contributed by atoms with Crippen LogP contribution in [0.1, 0.15) is 52.6 Å². The number of carboxylic acid groups (broad SMARTS) is 1. The SMILES string of the molecule is CCCC(Cc1ccc(C(=O)NCCC(=O)O)cc1)C(=O)c1cc2cc(Cl)ccc2n1-c1ccc(F)c(F)c1. The smallest absolute Gasteiger partial charge is 0.305 e. The lowest BCUT2D eigenvalue weighted by atomic mass is 9.89. The molecule has 0 aliphatic carbocycles. The molecule has 0 aliphatic heterocycles. The van der Waals surface area contributed by atoms with E-state index in [0.29, 0.717) is 45.7 Å². The van der Waals surface area contributed by atoms with Crippen molar-refractivity contribution in [1.29, 1.82) is 0 Å². The maximum absolute atomic E-state index is 14.2. The minimum atomic E-state index is -1.01. The molecule has 39 heavy (non-hydrogen) atoms. The molecular formula is C30H27ClF2N2O4. The summed E-state index contributed by atoms with van der Waals surface area (Å²) in [5, 5.41) is 12.5. The van der Waals surface area contributed by atoms with Gasteiger partial charge >= 0.3 is 5.97 Å². The van der Waals surface area contributed by atoms with Gasteiger partial charge < -0.3 is 15.0 Å². The predicted octanol–water partition coefficient (Wildman–Crippen LogP) is 6.61. The second-order valence-electron chi connectivity index (χ2n) is 9.32. The highest BCUT2D eigenvalue weighted by molar-refractivity contribution is 6.31. The maximum atomic E-state index is 14.2. The molecule has 1 heterocycles. The summed E-state index contributed by atoms with van der Waals surface area (Å²) < 4.78 is 29.5. The molecule has 2 N–H and O–H groups in total. The number of fused-ring (bicyclic) bond motifs is 1. The summed E-state index contributed by atoms with van der Waals surface area (Å²) in [6.45, 7) is 2.01. The molecule has 1 amide bonds. The van der Waals surface area contributed by atoms with Crippen molar-refractivity contribution < 1.29 is 28.3 Å². The molecule has 1 aromatic heterocycles. The second-order valence-corrected chi connectivity index (χ2v) is 9.75. The van der Waals surface area contributed by atoms with Crippen LogP contribution in [-0.2, 0) is 11.2 Å². The summed E-state index contributed by atoms with van der Waals surface area (Å²) in [4.78, 5) is 36.9. The number of Topliss-reactive ketones (excluding diaryl/α,β-unsaturated/α-hetero) is 1. The summed E-state index contributed by atoms with van der Waals surface area (Å²) in [5.74, 6) is -3.92. The number of rotatable bonds is 11. The van der Waals surface area contributed by atoms with Crippen LogP contribution < -0.4 is 5.32 Å². The van der Waals surface area contributed by atoms with Gasteiger partial charge in [-0.15, -0.1) is 0 Å². The minimum absolute atomic E-state index is 0.0279. The first-order valence-electron chi connectivity index (χ1n) is 12.6. The fraction of sp³-hybridized carbons (Fsp3) is 0.233. The van der Waals surface area contributed by atoms with Crippen LogP contribution >= 0.6 is 11.6 Å². The van der Waals surface area contributed by atoms with E-state index in [1.54, 1.807) is 53.1 Å². The fourth-order valence-corrected chi connectivity index (χ4v) is 4.80. The van der Waals surface area contributed by atoms with Gasteiger partial charge in [0.05, 0.1) is 17.6 Å². The summed E-state index contributed by atoms with van der Waals surface area (Å²) in [6.07, 6.45) is 1.58. The Balaban J connectivity index is 1.63. The third kappa shape index (κ3) is 6.52. The summed E-state index contributed by atoms with van der Waals surface area (Å²) in [5.41, 5.74) is 2.54. The van der Waals surface area contributed by atoms with Gasteiger partial charge in [0.25, 0.3) is 5.91 Å². The largest absolute Gasteiger partial charge is 0.481 e. The molecule has 4 aromatic rings. The number of aliphatic carboxylic acids is 1. The van der Waals surface area contributed by atoms with Crippen molar-refractivity contribution in [2.45, 2.75) is 32.6 Å². The number of nitrogens with zero attached hydrogens (tertiary/aromatic N) is 1. The third-order valence-electron chi connectivity index (χ3n) is 6.51. The maximum Gasteiger partial charge on any atom is 0.305 e. The number of hydrogen-bond donors (Lipinski definition) is 2. The van der Waals surface area contributed by atoms with Crippen LogP contribution in [0.4, 0.5) is 8.78 Å². The van der Waals surface area contributed by atoms with Crippen LogP contribution in [0.2, 0.25) is 5.02 Å². The molecule has 6 nitrogen and oxygen atoms in total. The van der Waals surface area contributed by atoms with Crippen molar-refractivity contribution >= 4 is 40.2 Å². The first kappa shape index (κ1) is 28.0. The quantitative estimate of drug-likeness (QED) is 0.205. The van der Waals surface area contributed by atoms with Gasteiger partial charge in [0.1, 0.15) is 0 Å². The highest BCUT2D eigenvalue weighted by Crippen LogP contribution is 2.31. The molecule has 0 spiro atoms. The highest BCUT2D eigenvalue weighted by atomic mass is 35.5. The molecule has 0 fully saturated rings. The molecule has 1 atom stereocenters. The van der Waals surface area contributed by atoms with Crippen LogP contribution in [0, 0.1) is 17.6 Å². The van der Waals surface area contributed by atoms with Crippen molar-refractivity contribution in [2.75, 3.05) is 6.54 Å². The zero-order chi connectivity index (χ0) is 28.1. The lowest BCUT2D eigenvalue weighted by Crippen LogP contribution is -2.26. The van der Waals surface area contributed by atoms with Crippen LogP contribution in [0.3, 0.4) is 0 Å². The zero-order valence-electron chi connectivity index (χ0n) is 21.2. The number of carboxylic acids is 1. The van der Waals surface area contributed by atoms with E-state index in [2.05, 4.69) is 5.32 Å². The van der Waals surface area contributed by atoms with Gasteiger partial charge in [0, 0.05) is 40.2 Å². The Morgan fingerprint density at radius 3 is 2.38 bits per heavy atom. The molecule has 9 heteroatoms. The highest BCUT2D eigenvalue weighted by Gasteiger charge is 2.25. The standard InChI is InChI=1S/C30H27ClF2N2O4/c1-2-3-20(14-18-4-6-19(7-5-18)30(39)34-13-12-28(36)37)29(38)27-16-21-15-22(31)8-11-26(21)35(27)23-9-10-24(32)25(33)17-23/h4-11,15-17,20H,2-3,12-14H2,1H3,(H,34,39)(H,36,37). The molecule has 0 aliphatic rings. The van der Waals surface area contributed by atoms with E-state index in [1.165, 1.54) is 6.07 Å². The van der Waals surface area contributed by atoms with Gasteiger partial charge in [-0.2, -0.15) is 0 Å². The molecule has 1 unspecified atom stereocenters. The predicted molar refractivity (Wildman–Crippen MR) is 146 cm³/mol. The Morgan fingerprint density at radius 2 is 1.72 bits per heavy atom. The monoisotopic (exact) mass is 552 g/mol. The van der Waals surface area contributed by atoms with Crippen LogP contribution in [0.15, 0.2) is 66.7 Å². The molecule has 4 rings (SSSR count). The lowest BCUT2D eigenvalue weighted by molar-refractivity contribution is -0.136. The van der Waals surface area contributed by atoms with Crippen LogP contribution in [0.5, 0.6) is 0 Å². The number of ketones is 1. The van der Waals surface area contributed by atoms with E-state index in [-0.39, 0.29) is 24.7 Å². The normalized spacial score (nSPS) is 11.9. The van der Waals surface area contributed by atoms with Crippen molar-refractivity contribution in [2.24, 2.45) is 5.92 Å². The van der Waals surface area contributed by atoms with Gasteiger partial charge in [-0.05, 0) is 66.9 Å². The number of carbonyl (C=O) groups excluding carboxylic acids is 2. The van der Waals surface area contributed by atoms with Crippen molar-refractivity contribution in [3.05, 3.63) is 100 Å². The zero-order valence-corrected chi connectivity index (χ0v) is 22.0. The first-order valence-corrected chi connectivity index (χ1v) is 12.9. The molecule has 0 saturated carbocycles. The average molecular weight is 553 g/mol. The Hall–Kier alpha value is -4.04. The average Bonchev–Trinajstić information content (AvgIpc) is 3.28. The minimum Gasteiger partial charge on any atom is -0.481 e. The number of amides is 1. The van der Waals surface area contributed by atoms with Crippen molar-refractivity contribution in [3.63, 3.8) is 0 Å². The molecule has 3 aromatic carbocycles. The van der Waals surface area contributed by atoms with E-state index in [1.807, 2.05) is 6.92 Å². The number of carbonyl (C=O) groups is 3. The number of halogens is 3. The Morgan fingerprint density at radius 1 is 0.974 bits per heavy atom. The van der Waals surface area contributed by atoms with Gasteiger partial charge in [-0.1, -0.05) is 37.1 Å². The van der Waals surface area contributed by atoms with E-state index < -0.39 is 23.5 Å². The third-order valence-corrected chi connectivity index (χ3v) is 6.74. The lowest BCUT2D eigenvalue weighted by Gasteiger charge is -2.18. The number of aromatic nitrogens is 1. The van der Waals surface area contributed by atoms with E-state index in [0.717, 1.165) is 24.1 Å². The van der Waals surface area contributed by atoms with Gasteiger partial charge in [0.2, 0.25) is 0 Å². The van der Waals surface area contributed by atoms with Gasteiger partial charge in [0.15, 0.2) is 17.4 Å². The van der Waals surface area contributed by atoms with Crippen molar-refractivity contribution in [1.82, 2.24) is 9.88 Å². The van der Waals surface area contributed by atoms with E-state index >= 15 is 0 Å². The Bertz CT molecular complexity index is 1530. The van der Waals surface area contributed by atoms with E-state index in [4.69, 9.17) is 16.7 Å². The molecule has 202 valence electrons. The number of nitrogens with one attached hydrogen (secondary N) is 1. The molecule has 0 saturated heterocycles. The molecular weight excluding hydrogens is 526 g/mol. The number of hydrogen-bond acceptors (Lipinski definition) is 3. The Labute approximate surface area is 229 Å². The van der Waals surface area contributed by atoms with Gasteiger partial charge in [-0.25, -0.2) is 8.78 Å². The number of benzene rings is 3. The van der Waals surface area contributed by atoms with E-state index in [9.17, 15) is 23.2 Å². The summed E-state index contributed by atoms with van der Waals surface area (Å²) in [7, 11) is 0. The van der Waals surface area contributed by atoms with Gasteiger partial charge in [-0.3, -0.25) is 14.4 Å². The summed E-state index contributed by atoms with van der Waals surface area (Å²) >= 11 is 6.19. The molecule has 0 bridgehead atoms.